The van der Waals surface area contributed by atoms with Gasteiger partial charge in [-0.15, -0.1) is 11.3 Å². The topological polar surface area (TPSA) is 50.9 Å². The minimum absolute atomic E-state index is 0.826. The molecular formula is C16H25N3S. The summed E-state index contributed by atoms with van der Waals surface area (Å²) in [4.78, 5) is 4.52. The monoisotopic (exact) mass is 291 g/mol. The summed E-state index contributed by atoms with van der Waals surface area (Å²) in [5.41, 5.74) is 8.99. The molecule has 0 aliphatic carbocycles. The maximum Gasteiger partial charge on any atom is 0.0907 e. The van der Waals surface area contributed by atoms with Crippen LogP contribution in [0.25, 0.3) is 10.2 Å². The van der Waals surface area contributed by atoms with Crippen LogP contribution < -0.4 is 11.1 Å². The molecule has 1 aromatic heterocycles. The van der Waals surface area contributed by atoms with Gasteiger partial charge in [-0.1, -0.05) is 39.0 Å². The first kappa shape index (κ1) is 15.1. The molecule has 0 saturated heterocycles. The van der Waals surface area contributed by atoms with Crippen LogP contribution in [-0.2, 0) is 0 Å². The number of fused-ring (bicyclic) bond motifs is 1. The van der Waals surface area contributed by atoms with Crippen LogP contribution >= 0.6 is 11.3 Å². The van der Waals surface area contributed by atoms with Crippen LogP contribution in [0.15, 0.2) is 12.1 Å². The van der Waals surface area contributed by atoms with Crippen molar-refractivity contribution in [3.8, 4) is 0 Å². The van der Waals surface area contributed by atoms with E-state index in [2.05, 4.69) is 23.3 Å². The van der Waals surface area contributed by atoms with Crippen LogP contribution in [-0.4, -0.2) is 11.5 Å². The molecule has 0 atom stereocenters. The highest BCUT2D eigenvalue weighted by Gasteiger charge is 2.05. The second kappa shape index (κ2) is 7.48. The van der Waals surface area contributed by atoms with E-state index >= 15 is 0 Å². The van der Waals surface area contributed by atoms with Crippen molar-refractivity contribution in [3.05, 3.63) is 17.1 Å². The van der Waals surface area contributed by atoms with Gasteiger partial charge >= 0.3 is 0 Å². The number of anilines is 2. The van der Waals surface area contributed by atoms with Gasteiger partial charge in [-0.2, -0.15) is 0 Å². The third-order valence-corrected chi connectivity index (χ3v) is 4.45. The van der Waals surface area contributed by atoms with Gasteiger partial charge in [-0.3, -0.25) is 0 Å². The van der Waals surface area contributed by atoms with E-state index in [0.29, 0.717) is 0 Å². The Morgan fingerprint density at radius 1 is 1.15 bits per heavy atom. The van der Waals surface area contributed by atoms with E-state index in [4.69, 9.17) is 5.73 Å². The lowest BCUT2D eigenvalue weighted by Gasteiger charge is -2.09. The van der Waals surface area contributed by atoms with Gasteiger partial charge in [0.05, 0.1) is 26.6 Å². The van der Waals surface area contributed by atoms with E-state index in [1.54, 1.807) is 11.3 Å². The Bertz CT molecular complexity index is 548. The zero-order valence-corrected chi connectivity index (χ0v) is 13.4. The van der Waals surface area contributed by atoms with Gasteiger partial charge in [0.15, 0.2) is 0 Å². The van der Waals surface area contributed by atoms with Crippen molar-refractivity contribution in [1.82, 2.24) is 4.98 Å². The van der Waals surface area contributed by atoms with Crippen molar-refractivity contribution >= 4 is 32.9 Å². The molecule has 4 heteroatoms. The minimum atomic E-state index is 0.826. The fraction of sp³-hybridized carbons (Fsp3) is 0.562. The lowest BCUT2D eigenvalue weighted by atomic mass is 10.1. The van der Waals surface area contributed by atoms with Crippen LogP contribution in [0.1, 0.15) is 50.5 Å². The van der Waals surface area contributed by atoms with Crippen LogP contribution in [0.4, 0.5) is 11.4 Å². The van der Waals surface area contributed by atoms with Crippen LogP contribution in [0.5, 0.6) is 0 Å². The summed E-state index contributed by atoms with van der Waals surface area (Å²) in [5, 5.41) is 4.54. The van der Waals surface area contributed by atoms with Crippen LogP contribution in [0, 0.1) is 6.92 Å². The molecule has 0 amide bonds. The number of thiazole rings is 1. The van der Waals surface area contributed by atoms with Gasteiger partial charge in [0.1, 0.15) is 0 Å². The summed E-state index contributed by atoms with van der Waals surface area (Å²) in [6, 6.07) is 4.11. The lowest BCUT2D eigenvalue weighted by Crippen LogP contribution is -2.04. The molecule has 0 spiro atoms. The van der Waals surface area contributed by atoms with Gasteiger partial charge in [0.25, 0.3) is 0 Å². The number of rotatable bonds is 8. The molecule has 0 aliphatic rings. The summed E-state index contributed by atoms with van der Waals surface area (Å²) in [5.74, 6) is 0. The number of benzene rings is 1. The fourth-order valence-corrected chi connectivity index (χ4v) is 3.24. The van der Waals surface area contributed by atoms with E-state index in [1.165, 1.54) is 43.2 Å². The Kier molecular flexibility index (Phi) is 5.65. The predicted molar refractivity (Wildman–Crippen MR) is 90.6 cm³/mol. The highest BCUT2D eigenvalue weighted by Crippen LogP contribution is 2.29. The highest BCUT2D eigenvalue weighted by molar-refractivity contribution is 7.18. The molecule has 0 unspecified atom stereocenters. The predicted octanol–water partition coefficient (Wildman–Crippen LogP) is 4.96. The molecule has 0 bridgehead atoms. The smallest absolute Gasteiger partial charge is 0.0907 e. The number of aromatic nitrogens is 1. The fourth-order valence-electron chi connectivity index (χ4n) is 2.39. The number of nitrogen functional groups attached to an aromatic ring is 1. The number of nitrogens with one attached hydrogen (secondary N) is 1. The molecule has 110 valence electrons. The Hall–Kier alpha value is -1.29. The maximum atomic E-state index is 6.09. The second-order valence-electron chi connectivity index (χ2n) is 5.33. The summed E-state index contributed by atoms with van der Waals surface area (Å²) < 4.78 is 1.17. The Labute approximate surface area is 125 Å². The van der Waals surface area contributed by atoms with E-state index in [0.717, 1.165) is 28.4 Å². The number of nitrogens with two attached hydrogens (primary N) is 1. The summed E-state index contributed by atoms with van der Waals surface area (Å²) in [6.45, 7) is 5.27. The Morgan fingerprint density at radius 2 is 1.90 bits per heavy atom. The van der Waals surface area contributed by atoms with Crippen molar-refractivity contribution in [3.63, 3.8) is 0 Å². The number of hydrogen-bond acceptors (Lipinski definition) is 4. The molecule has 3 N–H and O–H groups in total. The standard InChI is InChI=1S/C16H25N3S/c1-3-4-5-6-7-8-9-18-14-11-15-16(10-13(14)17)20-12(2)19-15/h10-11,18H,3-9,17H2,1-2H3. The highest BCUT2D eigenvalue weighted by atomic mass is 32.1. The van der Waals surface area contributed by atoms with Crippen molar-refractivity contribution in [2.75, 3.05) is 17.6 Å². The average Bonchev–Trinajstić information content (AvgIpc) is 2.77. The summed E-state index contributed by atoms with van der Waals surface area (Å²) in [7, 11) is 0. The molecule has 0 aliphatic heterocycles. The van der Waals surface area contributed by atoms with E-state index in [-0.39, 0.29) is 0 Å². The maximum absolute atomic E-state index is 6.09. The molecule has 0 saturated carbocycles. The number of hydrogen-bond donors (Lipinski definition) is 2. The third kappa shape index (κ3) is 4.10. The minimum Gasteiger partial charge on any atom is -0.397 e. The molecule has 2 rings (SSSR count). The molecule has 20 heavy (non-hydrogen) atoms. The van der Waals surface area contributed by atoms with Gasteiger partial charge in [-0.25, -0.2) is 4.98 Å². The SMILES string of the molecule is CCCCCCCCNc1cc2nc(C)sc2cc1N. The van der Waals surface area contributed by atoms with E-state index in [1.807, 2.05) is 13.0 Å². The number of unbranched alkanes of at least 4 members (excludes halogenated alkanes) is 5. The average molecular weight is 291 g/mol. The second-order valence-corrected chi connectivity index (χ2v) is 6.57. The Balaban J connectivity index is 1.82. The van der Waals surface area contributed by atoms with Gasteiger partial charge in [0.2, 0.25) is 0 Å². The first-order valence-electron chi connectivity index (χ1n) is 7.61. The zero-order chi connectivity index (χ0) is 14.4. The summed E-state index contributed by atoms with van der Waals surface area (Å²) >= 11 is 1.70. The Morgan fingerprint density at radius 3 is 2.70 bits per heavy atom. The van der Waals surface area contributed by atoms with Gasteiger partial charge in [-0.05, 0) is 25.5 Å². The van der Waals surface area contributed by atoms with Crippen molar-refractivity contribution < 1.29 is 0 Å². The van der Waals surface area contributed by atoms with E-state index in [9.17, 15) is 0 Å². The molecule has 3 nitrogen and oxygen atoms in total. The molecule has 2 aromatic rings. The first-order chi connectivity index (χ1) is 9.70. The molecule has 1 heterocycles. The number of aryl methyl sites for hydroxylation is 1. The van der Waals surface area contributed by atoms with Gasteiger partial charge < -0.3 is 11.1 Å². The molecule has 1 aromatic carbocycles. The number of nitrogens with zero attached hydrogens (tertiary/aromatic N) is 1. The van der Waals surface area contributed by atoms with E-state index < -0.39 is 0 Å². The van der Waals surface area contributed by atoms with Crippen molar-refractivity contribution in [2.45, 2.75) is 52.4 Å². The molecule has 0 radical (unpaired) electrons. The summed E-state index contributed by atoms with van der Waals surface area (Å²) in [6.07, 6.45) is 7.88. The van der Waals surface area contributed by atoms with Crippen molar-refractivity contribution in [2.24, 2.45) is 0 Å². The van der Waals surface area contributed by atoms with Crippen LogP contribution in [0.3, 0.4) is 0 Å². The largest absolute Gasteiger partial charge is 0.397 e. The van der Waals surface area contributed by atoms with Crippen molar-refractivity contribution in [1.29, 1.82) is 0 Å². The zero-order valence-electron chi connectivity index (χ0n) is 12.5. The van der Waals surface area contributed by atoms with Gasteiger partial charge in [0, 0.05) is 6.54 Å². The first-order valence-corrected chi connectivity index (χ1v) is 8.43. The normalized spacial score (nSPS) is 11.1. The molecule has 0 fully saturated rings. The lowest BCUT2D eigenvalue weighted by molar-refractivity contribution is 0.617. The molecular weight excluding hydrogens is 266 g/mol. The quantitative estimate of drug-likeness (QED) is 0.534. The van der Waals surface area contributed by atoms with Crippen LogP contribution in [0.2, 0.25) is 0 Å². The third-order valence-electron chi connectivity index (χ3n) is 3.51.